The van der Waals surface area contributed by atoms with Gasteiger partial charge in [-0.05, 0) is 18.2 Å². The smallest absolute Gasteiger partial charge is 0.337 e. The molecular weight excluding hydrogens is 330 g/mol. The second-order valence-electron chi connectivity index (χ2n) is 3.78. The zero-order chi connectivity index (χ0) is 14.5. The van der Waals surface area contributed by atoms with E-state index in [9.17, 15) is 9.59 Å². The second kappa shape index (κ2) is 6.20. The predicted molar refractivity (Wildman–Crippen MR) is 73.5 cm³/mol. The van der Waals surface area contributed by atoms with Gasteiger partial charge >= 0.3 is 12.0 Å². The number of carbonyl (C=O) groups is 2. The maximum absolute atomic E-state index is 11.7. The van der Waals surface area contributed by atoms with Crippen LogP contribution in [0.1, 0.15) is 16.1 Å². The quantitative estimate of drug-likeness (QED) is 0.793. The van der Waals surface area contributed by atoms with Crippen LogP contribution in [0, 0.1) is 0 Å². The number of hydrogen-bond acceptors (Lipinski definition) is 4. The third-order valence-electron chi connectivity index (χ3n) is 2.37. The van der Waals surface area contributed by atoms with Crippen molar-refractivity contribution < 1.29 is 19.2 Å². The molecule has 3 N–H and O–H groups in total. The molecule has 2 amide bonds. The van der Waals surface area contributed by atoms with Crippen molar-refractivity contribution >= 4 is 33.6 Å². The van der Waals surface area contributed by atoms with E-state index >= 15 is 0 Å². The van der Waals surface area contributed by atoms with E-state index in [1.165, 1.54) is 18.3 Å². The number of hydrogen-bond donors (Lipinski definition) is 3. The van der Waals surface area contributed by atoms with Crippen LogP contribution in [0.25, 0.3) is 0 Å². The van der Waals surface area contributed by atoms with Gasteiger partial charge in [-0.2, -0.15) is 0 Å². The minimum Gasteiger partial charge on any atom is -0.478 e. The zero-order valence-corrected chi connectivity index (χ0v) is 11.7. The van der Waals surface area contributed by atoms with E-state index in [2.05, 4.69) is 31.7 Å². The van der Waals surface area contributed by atoms with E-state index in [0.717, 1.165) is 0 Å². The average molecular weight is 340 g/mol. The summed E-state index contributed by atoms with van der Waals surface area (Å²) in [5.74, 6) is -0.629. The number of anilines is 1. The average Bonchev–Trinajstić information content (AvgIpc) is 2.89. The fourth-order valence-corrected chi connectivity index (χ4v) is 1.83. The number of carbonyl (C=O) groups excluding carboxylic acids is 1. The molecule has 0 saturated carbocycles. The molecule has 7 nitrogen and oxygen atoms in total. The van der Waals surface area contributed by atoms with Gasteiger partial charge in [0.15, 0.2) is 5.76 Å². The highest BCUT2D eigenvalue weighted by Crippen LogP contribution is 2.21. The number of nitrogens with zero attached hydrogens (tertiary/aromatic N) is 1. The zero-order valence-electron chi connectivity index (χ0n) is 10.1. The third kappa shape index (κ3) is 3.58. The SMILES string of the molecule is O=C(NCc1ccno1)Nc1cc(Br)ccc1C(=O)O. The molecule has 1 heterocycles. The van der Waals surface area contributed by atoms with Crippen molar-refractivity contribution in [2.24, 2.45) is 0 Å². The lowest BCUT2D eigenvalue weighted by atomic mass is 10.2. The first kappa shape index (κ1) is 14.1. The molecule has 0 aliphatic heterocycles. The number of halogens is 1. The van der Waals surface area contributed by atoms with Gasteiger partial charge in [0.25, 0.3) is 0 Å². The van der Waals surface area contributed by atoms with Crippen LogP contribution in [0.3, 0.4) is 0 Å². The summed E-state index contributed by atoms with van der Waals surface area (Å²) in [6.45, 7) is 0.155. The van der Waals surface area contributed by atoms with Crippen LogP contribution in [-0.2, 0) is 6.54 Å². The summed E-state index contributed by atoms with van der Waals surface area (Å²) in [7, 11) is 0. The minimum absolute atomic E-state index is 0.00279. The molecule has 104 valence electrons. The van der Waals surface area contributed by atoms with Gasteiger partial charge in [-0.1, -0.05) is 21.1 Å². The van der Waals surface area contributed by atoms with Crippen LogP contribution < -0.4 is 10.6 Å². The Labute approximate surface area is 122 Å². The molecule has 8 heteroatoms. The number of carboxylic acids is 1. The monoisotopic (exact) mass is 339 g/mol. The van der Waals surface area contributed by atoms with Gasteiger partial charge in [0.1, 0.15) is 0 Å². The first-order valence-electron chi connectivity index (χ1n) is 5.53. The van der Waals surface area contributed by atoms with Crippen LogP contribution in [0.4, 0.5) is 10.5 Å². The van der Waals surface area contributed by atoms with Crippen LogP contribution in [-0.4, -0.2) is 22.3 Å². The highest BCUT2D eigenvalue weighted by Gasteiger charge is 2.13. The highest BCUT2D eigenvalue weighted by molar-refractivity contribution is 9.10. The molecule has 2 rings (SSSR count). The molecule has 0 bridgehead atoms. The van der Waals surface area contributed by atoms with E-state index in [1.54, 1.807) is 12.1 Å². The summed E-state index contributed by atoms with van der Waals surface area (Å²) >= 11 is 3.22. The van der Waals surface area contributed by atoms with Crippen LogP contribution in [0.15, 0.2) is 39.5 Å². The van der Waals surface area contributed by atoms with E-state index in [-0.39, 0.29) is 17.8 Å². The fourth-order valence-electron chi connectivity index (χ4n) is 1.47. The van der Waals surface area contributed by atoms with Crippen molar-refractivity contribution in [2.45, 2.75) is 6.54 Å². The number of aromatic nitrogens is 1. The van der Waals surface area contributed by atoms with Gasteiger partial charge in [-0.3, -0.25) is 0 Å². The van der Waals surface area contributed by atoms with E-state index in [4.69, 9.17) is 9.63 Å². The normalized spacial score (nSPS) is 10.1. The summed E-state index contributed by atoms with van der Waals surface area (Å²) in [4.78, 5) is 22.8. The Bertz CT molecular complexity index is 628. The molecule has 20 heavy (non-hydrogen) atoms. The summed E-state index contributed by atoms with van der Waals surface area (Å²) in [6.07, 6.45) is 1.46. The van der Waals surface area contributed by atoms with E-state index < -0.39 is 12.0 Å². The molecule has 1 aromatic carbocycles. The van der Waals surface area contributed by atoms with Gasteiger partial charge in [0.05, 0.1) is 24.0 Å². The largest absolute Gasteiger partial charge is 0.478 e. The summed E-state index contributed by atoms with van der Waals surface area (Å²) in [5.41, 5.74) is 0.199. The van der Waals surface area contributed by atoms with Gasteiger partial charge in [-0.25, -0.2) is 9.59 Å². The first-order valence-corrected chi connectivity index (χ1v) is 6.33. The lowest BCUT2D eigenvalue weighted by Crippen LogP contribution is -2.28. The van der Waals surface area contributed by atoms with E-state index in [1.807, 2.05) is 0 Å². The second-order valence-corrected chi connectivity index (χ2v) is 4.70. The molecule has 0 unspecified atom stereocenters. The Morgan fingerprint density at radius 1 is 1.35 bits per heavy atom. The van der Waals surface area contributed by atoms with Crippen LogP contribution in [0.5, 0.6) is 0 Å². The molecule has 0 spiro atoms. The lowest BCUT2D eigenvalue weighted by molar-refractivity contribution is 0.0698. The fraction of sp³-hybridized carbons (Fsp3) is 0.0833. The molecule has 1 aromatic heterocycles. The Kier molecular flexibility index (Phi) is 4.36. The number of nitrogens with one attached hydrogen (secondary N) is 2. The summed E-state index contributed by atoms with van der Waals surface area (Å²) < 4.78 is 5.48. The maximum atomic E-state index is 11.7. The molecule has 0 fully saturated rings. The Morgan fingerprint density at radius 3 is 2.80 bits per heavy atom. The number of aromatic carboxylic acids is 1. The Balaban J connectivity index is 2.03. The Morgan fingerprint density at radius 2 is 2.15 bits per heavy atom. The molecule has 0 aliphatic rings. The van der Waals surface area contributed by atoms with Crippen molar-refractivity contribution in [2.75, 3.05) is 5.32 Å². The summed E-state index contributed by atoms with van der Waals surface area (Å²) in [5, 5.41) is 17.5. The summed E-state index contributed by atoms with van der Waals surface area (Å²) in [6, 6.07) is 5.57. The lowest BCUT2D eigenvalue weighted by Gasteiger charge is -2.09. The van der Waals surface area contributed by atoms with Crippen LogP contribution in [0.2, 0.25) is 0 Å². The first-order chi connectivity index (χ1) is 9.56. The standard InChI is InChI=1S/C12H10BrN3O4/c13-7-1-2-9(11(17)18)10(5-7)16-12(19)14-6-8-3-4-15-20-8/h1-5H,6H2,(H,17,18)(H2,14,16,19). The van der Waals surface area contributed by atoms with Crippen molar-refractivity contribution in [3.8, 4) is 0 Å². The molecule has 0 aliphatic carbocycles. The molecule has 2 aromatic rings. The molecular formula is C12H10BrN3O4. The van der Waals surface area contributed by atoms with Crippen molar-refractivity contribution in [1.82, 2.24) is 10.5 Å². The minimum atomic E-state index is -1.12. The van der Waals surface area contributed by atoms with Gasteiger partial charge in [-0.15, -0.1) is 0 Å². The van der Waals surface area contributed by atoms with Gasteiger partial charge in [0.2, 0.25) is 0 Å². The van der Waals surface area contributed by atoms with Gasteiger partial charge < -0.3 is 20.3 Å². The molecule has 0 saturated heterocycles. The predicted octanol–water partition coefficient (Wildman–Crippen LogP) is 2.46. The maximum Gasteiger partial charge on any atom is 0.337 e. The number of urea groups is 1. The van der Waals surface area contributed by atoms with Crippen molar-refractivity contribution in [3.63, 3.8) is 0 Å². The third-order valence-corrected chi connectivity index (χ3v) is 2.87. The van der Waals surface area contributed by atoms with Gasteiger partial charge in [0, 0.05) is 10.5 Å². The number of amides is 2. The number of carboxylic acid groups (broad SMARTS) is 1. The van der Waals surface area contributed by atoms with Crippen molar-refractivity contribution in [1.29, 1.82) is 0 Å². The molecule has 0 atom stereocenters. The Hall–Kier alpha value is -2.35. The number of rotatable bonds is 4. The van der Waals surface area contributed by atoms with Crippen molar-refractivity contribution in [3.05, 3.63) is 46.3 Å². The highest BCUT2D eigenvalue weighted by atomic mass is 79.9. The topological polar surface area (TPSA) is 104 Å². The number of benzene rings is 1. The van der Waals surface area contributed by atoms with Crippen LogP contribution >= 0.6 is 15.9 Å². The van der Waals surface area contributed by atoms with E-state index in [0.29, 0.717) is 10.2 Å². The molecule has 0 radical (unpaired) electrons.